The van der Waals surface area contributed by atoms with Gasteiger partial charge in [0, 0.05) is 18.7 Å². The molecule has 2 aromatic rings. The van der Waals surface area contributed by atoms with Gasteiger partial charge in [0.2, 0.25) is 0 Å². The van der Waals surface area contributed by atoms with Crippen molar-refractivity contribution in [2.75, 3.05) is 26.3 Å². The number of ether oxygens (including phenoxy) is 1. The Balaban J connectivity index is 1.95. The van der Waals surface area contributed by atoms with Gasteiger partial charge in [-0.1, -0.05) is 0 Å². The van der Waals surface area contributed by atoms with Crippen LogP contribution in [0, 0.1) is 13.8 Å². The summed E-state index contributed by atoms with van der Waals surface area (Å²) in [6.45, 7) is 6.38. The number of fused-ring (bicyclic) bond motifs is 1. The van der Waals surface area contributed by atoms with Crippen LogP contribution >= 0.6 is 0 Å². The molecule has 2 heterocycles. The van der Waals surface area contributed by atoms with Crippen LogP contribution in [0.2, 0.25) is 0 Å². The van der Waals surface area contributed by atoms with Crippen LogP contribution in [0.3, 0.4) is 0 Å². The standard InChI is InChI=1S/C15H17N3O2/c1-10-11(2)17-14-9-12(3-4-13(14)16-10)15(19)18-5-7-20-8-6-18/h3-4,9H,5-8H2,1-2H3. The highest BCUT2D eigenvalue weighted by Crippen LogP contribution is 2.16. The third kappa shape index (κ3) is 2.36. The maximum absolute atomic E-state index is 12.4. The maximum atomic E-state index is 12.4. The average molecular weight is 271 g/mol. The molecule has 0 bridgehead atoms. The molecule has 1 amide bonds. The molecule has 1 aromatic carbocycles. The molecule has 1 fully saturated rings. The van der Waals surface area contributed by atoms with Crippen molar-refractivity contribution in [3.05, 3.63) is 35.2 Å². The van der Waals surface area contributed by atoms with Gasteiger partial charge in [0.1, 0.15) is 0 Å². The van der Waals surface area contributed by atoms with Crippen LogP contribution in [0.5, 0.6) is 0 Å². The van der Waals surface area contributed by atoms with Crippen molar-refractivity contribution in [2.45, 2.75) is 13.8 Å². The molecule has 0 N–H and O–H groups in total. The van der Waals surface area contributed by atoms with Crippen LogP contribution < -0.4 is 0 Å². The van der Waals surface area contributed by atoms with E-state index in [0.717, 1.165) is 22.4 Å². The zero-order chi connectivity index (χ0) is 14.1. The number of aryl methyl sites for hydroxylation is 2. The lowest BCUT2D eigenvalue weighted by atomic mass is 10.1. The number of hydrogen-bond acceptors (Lipinski definition) is 4. The Morgan fingerprint density at radius 3 is 2.45 bits per heavy atom. The highest BCUT2D eigenvalue weighted by Gasteiger charge is 2.19. The molecule has 5 heteroatoms. The van der Waals surface area contributed by atoms with Crippen molar-refractivity contribution in [3.63, 3.8) is 0 Å². The van der Waals surface area contributed by atoms with Gasteiger partial charge in [-0.2, -0.15) is 0 Å². The Bertz CT molecular complexity index is 663. The summed E-state index contributed by atoms with van der Waals surface area (Å²) in [5.74, 6) is 0.0372. The fourth-order valence-electron chi connectivity index (χ4n) is 2.31. The molecule has 0 saturated carbocycles. The van der Waals surface area contributed by atoms with E-state index in [1.807, 2.05) is 36.9 Å². The van der Waals surface area contributed by atoms with E-state index in [1.54, 1.807) is 0 Å². The molecular weight excluding hydrogens is 254 g/mol. The normalized spacial score (nSPS) is 15.6. The van der Waals surface area contributed by atoms with Gasteiger partial charge in [0.25, 0.3) is 5.91 Å². The van der Waals surface area contributed by atoms with Gasteiger partial charge < -0.3 is 9.64 Å². The van der Waals surface area contributed by atoms with Gasteiger partial charge in [-0.15, -0.1) is 0 Å². The zero-order valence-corrected chi connectivity index (χ0v) is 11.7. The number of amides is 1. The van der Waals surface area contributed by atoms with Crippen LogP contribution in [0.4, 0.5) is 0 Å². The zero-order valence-electron chi connectivity index (χ0n) is 11.7. The first kappa shape index (κ1) is 13.0. The fraction of sp³-hybridized carbons (Fsp3) is 0.400. The first-order valence-corrected chi connectivity index (χ1v) is 6.77. The van der Waals surface area contributed by atoms with E-state index in [9.17, 15) is 4.79 Å². The summed E-state index contributed by atoms with van der Waals surface area (Å²) >= 11 is 0. The molecule has 1 saturated heterocycles. The van der Waals surface area contributed by atoms with E-state index in [-0.39, 0.29) is 5.91 Å². The van der Waals surface area contributed by atoms with Gasteiger partial charge in [0.05, 0.1) is 35.6 Å². The van der Waals surface area contributed by atoms with E-state index >= 15 is 0 Å². The van der Waals surface area contributed by atoms with E-state index in [1.165, 1.54) is 0 Å². The van der Waals surface area contributed by atoms with Crippen molar-refractivity contribution in [1.82, 2.24) is 14.9 Å². The average Bonchev–Trinajstić information content (AvgIpc) is 2.48. The SMILES string of the molecule is Cc1nc2ccc(C(=O)N3CCOCC3)cc2nc1C. The van der Waals surface area contributed by atoms with Gasteiger partial charge in [0.15, 0.2) is 0 Å². The van der Waals surface area contributed by atoms with Crippen molar-refractivity contribution < 1.29 is 9.53 Å². The smallest absolute Gasteiger partial charge is 0.254 e. The summed E-state index contributed by atoms with van der Waals surface area (Å²) in [7, 11) is 0. The second-order valence-corrected chi connectivity index (χ2v) is 5.00. The molecular formula is C15H17N3O2. The minimum absolute atomic E-state index is 0.0372. The Morgan fingerprint density at radius 1 is 1.10 bits per heavy atom. The van der Waals surface area contributed by atoms with Crippen LogP contribution in [-0.4, -0.2) is 47.1 Å². The number of carbonyl (C=O) groups is 1. The number of morpholine rings is 1. The number of carbonyl (C=O) groups excluding carboxylic acids is 1. The number of hydrogen-bond donors (Lipinski definition) is 0. The Hall–Kier alpha value is -2.01. The summed E-state index contributed by atoms with van der Waals surface area (Å²) in [5, 5.41) is 0. The first-order chi connectivity index (χ1) is 9.65. The lowest BCUT2D eigenvalue weighted by Gasteiger charge is -2.26. The van der Waals surface area contributed by atoms with E-state index in [4.69, 9.17) is 4.74 Å². The Labute approximate surface area is 117 Å². The molecule has 0 unspecified atom stereocenters. The summed E-state index contributed by atoms with van der Waals surface area (Å²) in [6, 6.07) is 5.51. The fourth-order valence-corrected chi connectivity index (χ4v) is 2.31. The highest BCUT2D eigenvalue weighted by atomic mass is 16.5. The van der Waals surface area contributed by atoms with E-state index in [0.29, 0.717) is 31.9 Å². The van der Waals surface area contributed by atoms with Crippen molar-refractivity contribution >= 4 is 16.9 Å². The number of nitrogens with zero attached hydrogens (tertiary/aromatic N) is 3. The molecule has 1 aliphatic heterocycles. The summed E-state index contributed by atoms with van der Waals surface area (Å²) < 4.78 is 5.27. The molecule has 0 aliphatic carbocycles. The number of benzene rings is 1. The van der Waals surface area contributed by atoms with Crippen LogP contribution in [0.25, 0.3) is 11.0 Å². The largest absolute Gasteiger partial charge is 0.378 e. The predicted molar refractivity (Wildman–Crippen MR) is 75.7 cm³/mol. The van der Waals surface area contributed by atoms with Crippen LogP contribution in [0.1, 0.15) is 21.7 Å². The minimum Gasteiger partial charge on any atom is -0.378 e. The molecule has 1 aromatic heterocycles. The monoisotopic (exact) mass is 271 g/mol. The quantitative estimate of drug-likeness (QED) is 0.792. The van der Waals surface area contributed by atoms with E-state index < -0.39 is 0 Å². The second kappa shape index (κ2) is 5.17. The lowest BCUT2D eigenvalue weighted by molar-refractivity contribution is 0.0303. The van der Waals surface area contributed by atoms with Crippen molar-refractivity contribution in [3.8, 4) is 0 Å². The van der Waals surface area contributed by atoms with Crippen molar-refractivity contribution in [1.29, 1.82) is 0 Å². The van der Waals surface area contributed by atoms with E-state index in [2.05, 4.69) is 9.97 Å². The molecule has 0 radical (unpaired) electrons. The predicted octanol–water partition coefficient (Wildman–Crippen LogP) is 1.72. The third-order valence-electron chi connectivity index (χ3n) is 3.62. The molecule has 20 heavy (non-hydrogen) atoms. The molecule has 1 aliphatic rings. The third-order valence-corrected chi connectivity index (χ3v) is 3.62. The topological polar surface area (TPSA) is 55.3 Å². The Kier molecular flexibility index (Phi) is 3.36. The maximum Gasteiger partial charge on any atom is 0.254 e. The van der Waals surface area contributed by atoms with Crippen molar-refractivity contribution in [2.24, 2.45) is 0 Å². The van der Waals surface area contributed by atoms with Crippen LogP contribution in [-0.2, 0) is 4.74 Å². The molecule has 5 nitrogen and oxygen atoms in total. The molecule has 3 rings (SSSR count). The molecule has 0 spiro atoms. The minimum atomic E-state index is 0.0372. The second-order valence-electron chi connectivity index (χ2n) is 5.00. The van der Waals surface area contributed by atoms with Crippen LogP contribution in [0.15, 0.2) is 18.2 Å². The molecule has 104 valence electrons. The summed E-state index contributed by atoms with van der Waals surface area (Å²) in [6.07, 6.45) is 0. The Morgan fingerprint density at radius 2 is 1.75 bits per heavy atom. The van der Waals surface area contributed by atoms with Gasteiger partial charge in [-0.3, -0.25) is 4.79 Å². The summed E-state index contributed by atoms with van der Waals surface area (Å²) in [5.41, 5.74) is 4.08. The van der Waals surface area contributed by atoms with Gasteiger partial charge >= 0.3 is 0 Å². The lowest BCUT2D eigenvalue weighted by Crippen LogP contribution is -2.40. The first-order valence-electron chi connectivity index (χ1n) is 6.77. The number of aromatic nitrogens is 2. The summed E-state index contributed by atoms with van der Waals surface area (Å²) in [4.78, 5) is 23.2. The molecule has 0 atom stereocenters. The van der Waals surface area contributed by atoms with Gasteiger partial charge in [-0.25, -0.2) is 9.97 Å². The highest BCUT2D eigenvalue weighted by molar-refractivity contribution is 5.97. The number of rotatable bonds is 1. The van der Waals surface area contributed by atoms with Gasteiger partial charge in [-0.05, 0) is 32.0 Å².